The van der Waals surface area contributed by atoms with E-state index in [2.05, 4.69) is 43.8 Å². The number of carboxylic acids is 2. The number of pyridine rings is 1. The van der Waals surface area contributed by atoms with Gasteiger partial charge in [0.05, 0.1) is 24.5 Å². The summed E-state index contributed by atoms with van der Waals surface area (Å²) < 4.78 is 65.7. The second kappa shape index (κ2) is 12.7. The second-order valence-electron chi connectivity index (χ2n) is 8.36. The summed E-state index contributed by atoms with van der Waals surface area (Å²) in [6, 6.07) is 4.39. The van der Waals surface area contributed by atoms with Crippen molar-refractivity contribution in [1.29, 1.82) is 0 Å². The first kappa shape index (κ1) is 30.5. The Bertz CT molecular complexity index is 1080. The van der Waals surface area contributed by atoms with E-state index in [1.807, 2.05) is 18.6 Å². The summed E-state index contributed by atoms with van der Waals surface area (Å²) in [7, 11) is 0. The van der Waals surface area contributed by atoms with Crippen LogP contribution in [-0.2, 0) is 34.0 Å². The molecule has 38 heavy (non-hydrogen) atoms. The zero-order chi connectivity index (χ0) is 28.7. The molecule has 1 saturated carbocycles. The molecule has 1 aliphatic heterocycles. The van der Waals surface area contributed by atoms with Crippen LogP contribution < -0.4 is 5.32 Å². The maximum absolute atomic E-state index is 11.8. The number of carbonyl (C=O) groups is 3. The fourth-order valence-corrected chi connectivity index (χ4v) is 3.35. The Morgan fingerprint density at radius 2 is 1.53 bits per heavy atom. The molecule has 0 aromatic carbocycles. The fraction of sp³-hybridized carbons (Fsp3) is 0.500. The molecule has 4 rings (SSSR count). The molecule has 1 atom stereocenters. The second-order valence-corrected chi connectivity index (χ2v) is 8.36. The maximum atomic E-state index is 11.8. The summed E-state index contributed by atoms with van der Waals surface area (Å²) in [5.74, 6) is -3.98. The molecule has 3 N–H and O–H groups in total. The molecule has 16 heteroatoms. The van der Waals surface area contributed by atoms with Crippen LogP contribution in [0.4, 0.5) is 26.3 Å². The van der Waals surface area contributed by atoms with Crippen molar-refractivity contribution in [2.45, 2.75) is 57.8 Å². The molecule has 2 aliphatic rings. The van der Waals surface area contributed by atoms with Gasteiger partial charge in [0.2, 0.25) is 5.91 Å². The van der Waals surface area contributed by atoms with Crippen LogP contribution in [0.2, 0.25) is 0 Å². The van der Waals surface area contributed by atoms with Gasteiger partial charge in [0, 0.05) is 37.9 Å². The molecule has 10 nitrogen and oxygen atoms in total. The van der Waals surface area contributed by atoms with Crippen LogP contribution in [0, 0.1) is 5.92 Å². The van der Waals surface area contributed by atoms with Crippen LogP contribution in [0.1, 0.15) is 42.9 Å². The van der Waals surface area contributed by atoms with Crippen LogP contribution in [-0.4, -0.2) is 66.4 Å². The van der Waals surface area contributed by atoms with Gasteiger partial charge in [-0.2, -0.15) is 26.3 Å². The Balaban J connectivity index is 0.000000301. The van der Waals surface area contributed by atoms with Crippen LogP contribution >= 0.6 is 0 Å². The number of imidazole rings is 1. The smallest absolute Gasteiger partial charge is 0.475 e. The van der Waals surface area contributed by atoms with Crippen LogP contribution in [0.25, 0.3) is 0 Å². The van der Waals surface area contributed by atoms with Crippen LogP contribution in [0.5, 0.6) is 0 Å². The predicted molar refractivity (Wildman–Crippen MR) is 117 cm³/mol. The SMILES string of the molecule is CC1c2ncc(CNC(=O)C3CC3)n2CCN1Cc1ccncc1.O=C(O)C(F)(F)F.O=C(O)C(F)(F)F. The lowest BCUT2D eigenvalue weighted by atomic mass is 10.1. The monoisotopic (exact) mass is 553 g/mol. The standard InChI is InChI=1S/C18H23N5O.2C2HF3O2/c1-13-17-20-10-16(11-21-18(24)15-2-3-15)23(17)9-8-22(13)12-14-4-6-19-7-5-14;2*3-2(4,5)1(6)7/h4-7,10,13,15H,2-3,8-9,11-12H2,1H3,(H,21,24);2*(H,6,7). The lowest BCUT2D eigenvalue weighted by Crippen LogP contribution is -2.37. The summed E-state index contributed by atoms with van der Waals surface area (Å²) >= 11 is 0. The molecule has 0 saturated heterocycles. The molecule has 1 amide bonds. The number of alkyl halides is 6. The minimum atomic E-state index is -5.08. The van der Waals surface area contributed by atoms with Crippen LogP contribution in [0.3, 0.4) is 0 Å². The highest BCUT2D eigenvalue weighted by Gasteiger charge is 2.39. The largest absolute Gasteiger partial charge is 0.490 e. The molecule has 0 bridgehead atoms. The van der Waals surface area contributed by atoms with Gasteiger partial charge >= 0.3 is 24.3 Å². The van der Waals surface area contributed by atoms with E-state index in [4.69, 9.17) is 19.8 Å². The number of fused-ring (bicyclic) bond motifs is 1. The maximum Gasteiger partial charge on any atom is 0.490 e. The van der Waals surface area contributed by atoms with Gasteiger partial charge < -0.3 is 20.1 Å². The van der Waals surface area contributed by atoms with Crippen molar-refractivity contribution < 1.29 is 50.9 Å². The summed E-state index contributed by atoms with van der Waals surface area (Å²) in [4.78, 5) is 40.8. The van der Waals surface area contributed by atoms with E-state index in [-0.39, 0.29) is 17.9 Å². The molecule has 3 heterocycles. The van der Waals surface area contributed by atoms with Gasteiger partial charge in [-0.25, -0.2) is 14.6 Å². The van der Waals surface area contributed by atoms with Gasteiger partial charge in [-0.1, -0.05) is 0 Å². The molecule has 0 spiro atoms. The average molecular weight is 553 g/mol. The first-order valence-electron chi connectivity index (χ1n) is 11.2. The third-order valence-corrected chi connectivity index (χ3v) is 5.51. The lowest BCUT2D eigenvalue weighted by Gasteiger charge is -2.34. The van der Waals surface area contributed by atoms with Crippen molar-refractivity contribution in [3.8, 4) is 0 Å². The first-order chi connectivity index (χ1) is 17.6. The van der Waals surface area contributed by atoms with Crippen molar-refractivity contribution in [1.82, 2.24) is 24.8 Å². The number of carboxylic acid groups (broad SMARTS) is 2. The number of nitrogens with zero attached hydrogens (tertiary/aromatic N) is 4. The van der Waals surface area contributed by atoms with Crippen molar-refractivity contribution >= 4 is 17.8 Å². The Kier molecular flexibility index (Phi) is 10.2. The van der Waals surface area contributed by atoms with Gasteiger partial charge in [-0.3, -0.25) is 14.7 Å². The van der Waals surface area contributed by atoms with E-state index in [0.717, 1.165) is 44.0 Å². The number of aromatic nitrogens is 3. The minimum absolute atomic E-state index is 0.189. The molecule has 1 aliphatic carbocycles. The van der Waals surface area contributed by atoms with Crippen molar-refractivity contribution in [2.24, 2.45) is 5.92 Å². The van der Waals surface area contributed by atoms with Gasteiger partial charge in [0.15, 0.2) is 0 Å². The van der Waals surface area contributed by atoms with Gasteiger partial charge in [-0.15, -0.1) is 0 Å². The van der Waals surface area contributed by atoms with E-state index in [1.54, 1.807) is 0 Å². The van der Waals surface area contributed by atoms with Crippen molar-refractivity contribution in [3.05, 3.63) is 47.8 Å². The molecule has 2 aromatic heterocycles. The predicted octanol–water partition coefficient (Wildman–Crippen LogP) is 3.15. The Morgan fingerprint density at radius 1 is 1.00 bits per heavy atom. The molecular formula is C22H25F6N5O5. The number of carbonyl (C=O) groups excluding carboxylic acids is 1. The van der Waals surface area contributed by atoms with Crippen molar-refractivity contribution in [3.63, 3.8) is 0 Å². The van der Waals surface area contributed by atoms with E-state index in [0.29, 0.717) is 6.54 Å². The normalized spacial score (nSPS) is 17.2. The van der Waals surface area contributed by atoms with E-state index >= 15 is 0 Å². The highest BCUT2D eigenvalue weighted by atomic mass is 19.4. The third kappa shape index (κ3) is 9.32. The van der Waals surface area contributed by atoms with E-state index in [9.17, 15) is 31.1 Å². The lowest BCUT2D eigenvalue weighted by molar-refractivity contribution is -0.193. The third-order valence-electron chi connectivity index (χ3n) is 5.51. The molecule has 210 valence electrons. The van der Waals surface area contributed by atoms with Gasteiger partial charge in [-0.05, 0) is 37.5 Å². The minimum Gasteiger partial charge on any atom is -0.475 e. The quantitative estimate of drug-likeness (QED) is 0.481. The molecule has 1 unspecified atom stereocenters. The Hall–Kier alpha value is -3.69. The molecule has 2 aromatic rings. The number of nitrogens with one attached hydrogen (secondary N) is 1. The topological polar surface area (TPSA) is 138 Å². The first-order valence-corrected chi connectivity index (χ1v) is 11.2. The molecule has 1 fully saturated rings. The summed E-state index contributed by atoms with van der Waals surface area (Å²) in [6.07, 6.45) is -2.50. The number of amides is 1. The zero-order valence-corrected chi connectivity index (χ0v) is 20.0. The van der Waals surface area contributed by atoms with Gasteiger partial charge in [0.25, 0.3) is 0 Å². The fourth-order valence-electron chi connectivity index (χ4n) is 3.35. The van der Waals surface area contributed by atoms with Gasteiger partial charge in [0.1, 0.15) is 5.82 Å². The van der Waals surface area contributed by atoms with Crippen molar-refractivity contribution in [2.75, 3.05) is 6.54 Å². The number of hydrogen-bond acceptors (Lipinski definition) is 6. The highest BCUT2D eigenvalue weighted by molar-refractivity contribution is 5.80. The Morgan fingerprint density at radius 3 is 2.00 bits per heavy atom. The zero-order valence-electron chi connectivity index (χ0n) is 20.0. The van der Waals surface area contributed by atoms with E-state index in [1.165, 1.54) is 5.56 Å². The average Bonchev–Trinajstić information content (AvgIpc) is 3.60. The van der Waals surface area contributed by atoms with Crippen LogP contribution in [0.15, 0.2) is 30.7 Å². The number of rotatable bonds is 5. The number of halogens is 6. The van der Waals surface area contributed by atoms with E-state index < -0.39 is 24.3 Å². The molecule has 0 radical (unpaired) electrons. The number of hydrogen-bond donors (Lipinski definition) is 3. The highest BCUT2D eigenvalue weighted by Crippen LogP contribution is 2.29. The Labute approximate surface area is 212 Å². The summed E-state index contributed by atoms with van der Waals surface area (Å²) in [6.45, 7) is 5.59. The molecular weight excluding hydrogens is 528 g/mol. The summed E-state index contributed by atoms with van der Waals surface area (Å²) in [5, 5.41) is 17.3. The summed E-state index contributed by atoms with van der Waals surface area (Å²) in [5.41, 5.74) is 2.38. The number of aliphatic carboxylic acids is 2.